The molecule has 1 aromatic carbocycles. The van der Waals surface area contributed by atoms with Crippen LogP contribution in [-0.2, 0) is 11.3 Å². The molecule has 0 aliphatic heterocycles. The molecule has 0 aliphatic carbocycles. The molecule has 0 spiro atoms. The molecule has 1 atom stereocenters. The number of pyridine rings is 1. The van der Waals surface area contributed by atoms with Gasteiger partial charge in [-0.05, 0) is 37.1 Å². The molecule has 0 bridgehead atoms. The Balaban J connectivity index is 1.55. The molecule has 124 valence electrons. The van der Waals surface area contributed by atoms with E-state index in [-0.39, 0.29) is 17.7 Å². The Labute approximate surface area is 139 Å². The van der Waals surface area contributed by atoms with Gasteiger partial charge in [0.15, 0.2) is 5.58 Å². The standard InChI is InChI=1S/C18H19N3O3/c1-13(14-6-4-10-19-12-14)20-17(22)9-5-11-21-15-7-2-3-8-16(15)24-18(21)23/h2-4,6-8,10,12-13H,5,9,11H2,1H3,(H,20,22). The summed E-state index contributed by atoms with van der Waals surface area (Å²) in [5, 5.41) is 2.94. The third-order valence-electron chi connectivity index (χ3n) is 3.92. The Kier molecular flexibility index (Phi) is 4.74. The summed E-state index contributed by atoms with van der Waals surface area (Å²) in [4.78, 5) is 28.0. The SMILES string of the molecule is CC(NC(=O)CCCn1c(=O)oc2ccccc21)c1cccnc1. The number of amides is 1. The van der Waals surface area contributed by atoms with Gasteiger partial charge in [-0.3, -0.25) is 14.3 Å². The van der Waals surface area contributed by atoms with Crippen LogP contribution in [0.5, 0.6) is 0 Å². The molecule has 1 amide bonds. The minimum atomic E-state index is -0.389. The summed E-state index contributed by atoms with van der Waals surface area (Å²) < 4.78 is 6.74. The van der Waals surface area contributed by atoms with Gasteiger partial charge in [0.1, 0.15) is 0 Å². The van der Waals surface area contributed by atoms with Crippen LogP contribution >= 0.6 is 0 Å². The van der Waals surface area contributed by atoms with Crippen LogP contribution in [0.3, 0.4) is 0 Å². The highest BCUT2D eigenvalue weighted by Crippen LogP contribution is 2.13. The van der Waals surface area contributed by atoms with Crippen molar-refractivity contribution in [1.29, 1.82) is 0 Å². The lowest BCUT2D eigenvalue weighted by molar-refractivity contribution is -0.121. The number of carbonyl (C=O) groups excluding carboxylic acids is 1. The molecule has 0 fully saturated rings. The maximum absolute atomic E-state index is 12.1. The largest absolute Gasteiger partial charge is 0.419 e. The molecule has 0 aliphatic rings. The summed E-state index contributed by atoms with van der Waals surface area (Å²) in [6.45, 7) is 2.37. The van der Waals surface area contributed by atoms with Gasteiger partial charge in [-0.2, -0.15) is 0 Å². The van der Waals surface area contributed by atoms with Crippen molar-refractivity contribution in [3.05, 3.63) is 64.9 Å². The van der Waals surface area contributed by atoms with Crippen LogP contribution in [0.4, 0.5) is 0 Å². The van der Waals surface area contributed by atoms with Gasteiger partial charge in [0.25, 0.3) is 0 Å². The average molecular weight is 325 g/mol. The van der Waals surface area contributed by atoms with Gasteiger partial charge in [-0.1, -0.05) is 18.2 Å². The van der Waals surface area contributed by atoms with Gasteiger partial charge < -0.3 is 9.73 Å². The number of nitrogens with one attached hydrogen (secondary N) is 1. The fourth-order valence-electron chi connectivity index (χ4n) is 2.65. The molecule has 6 nitrogen and oxygen atoms in total. The lowest BCUT2D eigenvalue weighted by Gasteiger charge is -2.13. The van der Waals surface area contributed by atoms with E-state index in [0.717, 1.165) is 11.1 Å². The Morgan fingerprint density at radius 2 is 2.12 bits per heavy atom. The predicted octanol–water partition coefficient (Wildman–Crippen LogP) is 2.65. The van der Waals surface area contributed by atoms with Crippen molar-refractivity contribution in [3.63, 3.8) is 0 Å². The number of carbonyl (C=O) groups is 1. The summed E-state index contributed by atoms with van der Waals surface area (Å²) in [7, 11) is 0. The number of rotatable bonds is 6. The third kappa shape index (κ3) is 3.53. The second-order valence-corrected chi connectivity index (χ2v) is 5.67. The lowest BCUT2D eigenvalue weighted by Crippen LogP contribution is -2.27. The second-order valence-electron chi connectivity index (χ2n) is 5.67. The normalized spacial score (nSPS) is 12.2. The molecule has 3 rings (SSSR count). The molecule has 2 aromatic heterocycles. The minimum Gasteiger partial charge on any atom is -0.408 e. The number of hydrogen-bond donors (Lipinski definition) is 1. The Morgan fingerprint density at radius 3 is 2.92 bits per heavy atom. The van der Waals surface area contributed by atoms with Gasteiger partial charge in [-0.25, -0.2) is 4.79 Å². The second kappa shape index (κ2) is 7.12. The summed E-state index contributed by atoms with van der Waals surface area (Å²) in [6, 6.07) is 11.0. The summed E-state index contributed by atoms with van der Waals surface area (Å²) in [5.41, 5.74) is 2.28. The highest BCUT2D eigenvalue weighted by molar-refractivity contribution is 5.76. The maximum atomic E-state index is 12.1. The highest BCUT2D eigenvalue weighted by Gasteiger charge is 2.11. The molecule has 0 saturated heterocycles. The zero-order valence-corrected chi connectivity index (χ0v) is 13.4. The summed E-state index contributed by atoms with van der Waals surface area (Å²) in [6.07, 6.45) is 4.35. The van der Waals surface area contributed by atoms with Crippen LogP contribution in [0.25, 0.3) is 11.1 Å². The summed E-state index contributed by atoms with van der Waals surface area (Å²) in [5.74, 6) is -0.437. The van der Waals surface area contributed by atoms with Gasteiger partial charge in [-0.15, -0.1) is 0 Å². The molecule has 24 heavy (non-hydrogen) atoms. The lowest BCUT2D eigenvalue weighted by atomic mass is 10.1. The van der Waals surface area contributed by atoms with Crippen molar-refractivity contribution in [3.8, 4) is 0 Å². The molecule has 6 heteroatoms. The number of aryl methyl sites for hydroxylation is 1. The van der Waals surface area contributed by atoms with E-state index < -0.39 is 0 Å². The first-order valence-corrected chi connectivity index (χ1v) is 7.93. The molecule has 3 aromatic rings. The van der Waals surface area contributed by atoms with E-state index in [1.165, 1.54) is 0 Å². The van der Waals surface area contributed by atoms with Gasteiger partial charge >= 0.3 is 5.76 Å². The van der Waals surface area contributed by atoms with E-state index in [0.29, 0.717) is 25.0 Å². The van der Waals surface area contributed by atoms with Crippen LogP contribution < -0.4 is 11.1 Å². The number of nitrogens with zero attached hydrogens (tertiary/aromatic N) is 2. The molecule has 1 unspecified atom stereocenters. The quantitative estimate of drug-likeness (QED) is 0.756. The zero-order chi connectivity index (χ0) is 16.9. The van der Waals surface area contributed by atoms with Gasteiger partial charge in [0.2, 0.25) is 5.91 Å². The molecule has 0 saturated carbocycles. The fraction of sp³-hybridized carbons (Fsp3) is 0.278. The fourth-order valence-corrected chi connectivity index (χ4v) is 2.65. The molecular weight excluding hydrogens is 306 g/mol. The van der Waals surface area contributed by atoms with E-state index in [4.69, 9.17) is 4.42 Å². The maximum Gasteiger partial charge on any atom is 0.419 e. The third-order valence-corrected chi connectivity index (χ3v) is 3.92. The number of hydrogen-bond acceptors (Lipinski definition) is 4. The molecular formula is C18H19N3O3. The van der Waals surface area contributed by atoms with E-state index in [1.54, 1.807) is 23.0 Å². The first-order valence-electron chi connectivity index (χ1n) is 7.93. The topological polar surface area (TPSA) is 77.1 Å². The van der Waals surface area contributed by atoms with Crippen LogP contribution in [0.2, 0.25) is 0 Å². The Morgan fingerprint density at radius 1 is 1.29 bits per heavy atom. The zero-order valence-electron chi connectivity index (χ0n) is 13.4. The Hall–Kier alpha value is -2.89. The van der Waals surface area contributed by atoms with Crippen LogP contribution in [0, 0.1) is 0 Å². The number of para-hydroxylation sites is 2. The molecule has 2 heterocycles. The predicted molar refractivity (Wildman–Crippen MR) is 90.5 cm³/mol. The number of fused-ring (bicyclic) bond motifs is 1. The van der Waals surface area contributed by atoms with Crippen LogP contribution in [-0.4, -0.2) is 15.5 Å². The van der Waals surface area contributed by atoms with E-state index in [1.807, 2.05) is 37.3 Å². The van der Waals surface area contributed by atoms with Gasteiger partial charge in [0.05, 0.1) is 11.6 Å². The number of oxazole rings is 1. The molecule has 1 N–H and O–H groups in total. The molecule has 0 radical (unpaired) electrons. The summed E-state index contributed by atoms with van der Waals surface area (Å²) >= 11 is 0. The monoisotopic (exact) mass is 325 g/mol. The van der Waals surface area contributed by atoms with Crippen molar-refractivity contribution in [2.24, 2.45) is 0 Å². The number of benzene rings is 1. The smallest absolute Gasteiger partial charge is 0.408 e. The number of aromatic nitrogens is 2. The van der Waals surface area contributed by atoms with Crippen molar-refractivity contribution in [1.82, 2.24) is 14.9 Å². The van der Waals surface area contributed by atoms with E-state index in [9.17, 15) is 9.59 Å². The minimum absolute atomic E-state index is 0.0489. The van der Waals surface area contributed by atoms with E-state index >= 15 is 0 Å². The van der Waals surface area contributed by atoms with Crippen molar-refractivity contribution >= 4 is 17.0 Å². The highest BCUT2D eigenvalue weighted by atomic mass is 16.4. The van der Waals surface area contributed by atoms with Crippen LogP contribution in [0.1, 0.15) is 31.4 Å². The van der Waals surface area contributed by atoms with Gasteiger partial charge in [0, 0.05) is 25.4 Å². The van der Waals surface area contributed by atoms with E-state index in [2.05, 4.69) is 10.3 Å². The van der Waals surface area contributed by atoms with Crippen molar-refractivity contribution < 1.29 is 9.21 Å². The first-order chi connectivity index (χ1) is 11.6. The average Bonchev–Trinajstić information content (AvgIpc) is 2.91. The van der Waals surface area contributed by atoms with Crippen molar-refractivity contribution in [2.45, 2.75) is 32.4 Å². The van der Waals surface area contributed by atoms with Crippen LogP contribution in [0.15, 0.2) is 58.0 Å². The first kappa shape index (κ1) is 16.0. The van der Waals surface area contributed by atoms with Crippen molar-refractivity contribution in [2.75, 3.05) is 0 Å². The Bertz CT molecular complexity index is 883.